The molecule has 0 atom stereocenters. The Labute approximate surface area is 118 Å². The fourth-order valence-corrected chi connectivity index (χ4v) is 2.32. The monoisotopic (exact) mass is 274 g/mol. The van der Waals surface area contributed by atoms with Gasteiger partial charge in [-0.15, -0.1) is 11.8 Å². The van der Waals surface area contributed by atoms with E-state index in [1.165, 1.54) is 0 Å². The van der Waals surface area contributed by atoms with E-state index in [2.05, 4.69) is 29.5 Å². The molecule has 2 rings (SSSR count). The Morgan fingerprint density at radius 1 is 1.21 bits per heavy atom. The Hall–Kier alpha value is -1.68. The highest BCUT2D eigenvalue weighted by molar-refractivity contribution is 7.98. The van der Waals surface area contributed by atoms with E-state index in [0.717, 1.165) is 28.6 Å². The number of nitrogens with zero attached hydrogens (tertiary/aromatic N) is 1. The number of rotatable bonds is 6. The SMILES string of the molecule is CCNc1ncccc1COc1ccccc1SC. The maximum atomic E-state index is 5.90. The van der Waals surface area contributed by atoms with Crippen molar-refractivity contribution in [3.8, 4) is 5.75 Å². The van der Waals surface area contributed by atoms with E-state index in [1.807, 2.05) is 30.3 Å². The molecule has 0 spiro atoms. The number of hydrogen-bond donors (Lipinski definition) is 1. The molecule has 0 fully saturated rings. The number of para-hydroxylation sites is 1. The van der Waals surface area contributed by atoms with Crippen LogP contribution in [0.5, 0.6) is 5.75 Å². The minimum atomic E-state index is 0.522. The largest absolute Gasteiger partial charge is 0.488 e. The molecule has 2 aromatic rings. The zero-order valence-electron chi connectivity index (χ0n) is 11.2. The second-order valence-electron chi connectivity index (χ2n) is 3.98. The third-order valence-corrected chi connectivity index (χ3v) is 3.46. The molecule has 4 heteroatoms. The van der Waals surface area contributed by atoms with Crippen molar-refractivity contribution in [1.82, 2.24) is 4.98 Å². The van der Waals surface area contributed by atoms with Gasteiger partial charge in [-0.1, -0.05) is 18.2 Å². The van der Waals surface area contributed by atoms with E-state index < -0.39 is 0 Å². The van der Waals surface area contributed by atoms with E-state index in [4.69, 9.17) is 4.74 Å². The lowest BCUT2D eigenvalue weighted by molar-refractivity contribution is 0.299. The van der Waals surface area contributed by atoms with Gasteiger partial charge in [0.2, 0.25) is 0 Å². The number of thioether (sulfide) groups is 1. The predicted octanol–water partition coefficient (Wildman–Crippen LogP) is 3.81. The van der Waals surface area contributed by atoms with Crippen molar-refractivity contribution >= 4 is 17.6 Å². The topological polar surface area (TPSA) is 34.2 Å². The molecule has 0 aliphatic rings. The summed E-state index contributed by atoms with van der Waals surface area (Å²) in [4.78, 5) is 5.48. The van der Waals surface area contributed by atoms with Gasteiger partial charge in [-0.25, -0.2) is 4.98 Å². The predicted molar refractivity (Wildman–Crippen MR) is 81.0 cm³/mol. The number of hydrogen-bond acceptors (Lipinski definition) is 4. The van der Waals surface area contributed by atoms with Gasteiger partial charge in [0.1, 0.15) is 18.2 Å². The van der Waals surface area contributed by atoms with E-state index in [0.29, 0.717) is 6.61 Å². The van der Waals surface area contributed by atoms with Gasteiger partial charge < -0.3 is 10.1 Å². The van der Waals surface area contributed by atoms with E-state index in [-0.39, 0.29) is 0 Å². The van der Waals surface area contributed by atoms with Crippen molar-refractivity contribution in [1.29, 1.82) is 0 Å². The van der Waals surface area contributed by atoms with Crippen LogP contribution in [0.25, 0.3) is 0 Å². The molecule has 0 aliphatic heterocycles. The van der Waals surface area contributed by atoms with Crippen molar-refractivity contribution in [2.75, 3.05) is 18.1 Å². The highest BCUT2D eigenvalue weighted by Gasteiger charge is 2.05. The van der Waals surface area contributed by atoms with Crippen molar-refractivity contribution in [2.45, 2.75) is 18.4 Å². The molecule has 1 heterocycles. The van der Waals surface area contributed by atoms with Crippen molar-refractivity contribution in [2.24, 2.45) is 0 Å². The van der Waals surface area contributed by atoms with Crippen LogP contribution in [0.2, 0.25) is 0 Å². The summed E-state index contributed by atoms with van der Waals surface area (Å²) in [5.74, 6) is 1.81. The van der Waals surface area contributed by atoms with Gasteiger partial charge >= 0.3 is 0 Å². The lowest BCUT2D eigenvalue weighted by Crippen LogP contribution is -2.05. The van der Waals surface area contributed by atoms with Gasteiger partial charge in [-0.05, 0) is 31.4 Å². The third-order valence-electron chi connectivity index (χ3n) is 2.69. The molecule has 0 unspecified atom stereocenters. The molecule has 100 valence electrons. The maximum Gasteiger partial charge on any atom is 0.133 e. The van der Waals surface area contributed by atoms with Crippen LogP contribution < -0.4 is 10.1 Å². The van der Waals surface area contributed by atoms with Gasteiger partial charge in [0, 0.05) is 23.2 Å². The first-order valence-corrected chi connectivity index (χ1v) is 7.51. The van der Waals surface area contributed by atoms with Crippen molar-refractivity contribution in [3.05, 3.63) is 48.2 Å². The summed E-state index contributed by atoms with van der Waals surface area (Å²) in [6.07, 6.45) is 3.84. The fourth-order valence-electron chi connectivity index (χ4n) is 1.78. The third kappa shape index (κ3) is 3.64. The maximum absolute atomic E-state index is 5.90. The molecule has 0 saturated carbocycles. The second kappa shape index (κ2) is 7.04. The molecular weight excluding hydrogens is 256 g/mol. The van der Waals surface area contributed by atoms with Crippen LogP contribution >= 0.6 is 11.8 Å². The molecule has 1 aromatic heterocycles. The van der Waals surface area contributed by atoms with Crippen LogP contribution in [0.3, 0.4) is 0 Å². The van der Waals surface area contributed by atoms with Gasteiger partial charge in [0.25, 0.3) is 0 Å². The summed E-state index contributed by atoms with van der Waals surface area (Å²) in [6.45, 7) is 3.43. The van der Waals surface area contributed by atoms with Crippen LogP contribution in [0.15, 0.2) is 47.5 Å². The van der Waals surface area contributed by atoms with E-state index in [9.17, 15) is 0 Å². The molecule has 0 saturated heterocycles. The Morgan fingerprint density at radius 3 is 2.84 bits per heavy atom. The Morgan fingerprint density at radius 2 is 2.05 bits per heavy atom. The summed E-state index contributed by atoms with van der Waals surface area (Å²) < 4.78 is 5.90. The molecular formula is C15H18N2OS. The number of nitrogens with one attached hydrogen (secondary N) is 1. The summed E-state index contributed by atoms with van der Waals surface area (Å²) in [6, 6.07) is 12.0. The quantitative estimate of drug-likeness (QED) is 0.812. The standard InChI is InChI=1S/C15H18N2OS/c1-3-16-15-12(7-6-10-17-15)11-18-13-8-4-5-9-14(13)19-2/h4-10H,3,11H2,1-2H3,(H,16,17). The fraction of sp³-hybridized carbons (Fsp3) is 0.267. The van der Waals surface area contributed by atoms with Gasteiger partial charge in [-0.3, -0.25) is 0 Å². The second-order valence-corrected chi connectivity index (χ2v) is 4.83. The zero-order valence-corrected chi connectivity index (χ0v) is 12.0. The molecule has 1 N–H and O–H groups in total. The molecule has 19 heavy (non-hydrogen) atoms. The molecule has 0 aliphatic carbocycles. The van der Waals surface area contributed by atoms with E-state index in [1.54, 1.807) is 18.0 Å². The van der Waals surface area contributed by atoms with Crippen LogP contribution in [0, 0.1) is 0 Å². The molecule has 1 aromatic carbocycles. The first kappa shape index (κ1) is 13.7. The van der Waals surface area contributed by atoms with Crippen molar-refractivity contribution < 1.29 is 4.74 Å². The van der Waals surface area contributed by atoms with Gasteiger partial charge in [-0.2, -0.15) is 0 Å². The van der Waals surface area contributed by atoms with Gasteiger partial charge in [0.05, 0.1) is 0 Å². The summed E-state index contributed by atoms with van der Waals surface area (Å²) in [5, 5.41) is 3.24. The lowest BCUT2D eigenvalue weighted by atomic mass is 10.2. The summed E-state index contributed by atoms with van der Waals surface area (Å²) >= 11 is 1.69. The minimum Gasteiger partial charge on any atom is -0.488 e. The summed E-state index contributed by atoms with van der Waals surface area (Å²) in [5.41, 5.74) is 1.07. The minimum absolute atomic E-state index is 0.522. The lowest BCUT2D eigenvalue weighted by Gasteiger charge is -2.12. The van der Waals surface area contributed by atoms with Crippen LogP contribution in [-0.2, 0) is 6.61 Å². The number of ether oxygens (including phenoxy) is 1. The van der Waals surface area contributed by atoms with Crippen LogP contribution in [0.4, 0.5) is 5.82 Å². The zero-order chi connectivity index (χ0) is 13.5. The smallest absolute Gasteiger partial charge is 0.133 e. The molecule has 0 bridgehead atoms. The normalized spacial score (nSPS) is 10.2. The molecule has 0 radical (unpaired) electrons. The number of aromatic nitrogens is 1. The van der Waals surface area contributed by atoms with Crippen LogP contribution in [-0.4, -0.2) is 17.8 Å². The highest BCUT2D eigenvalue weighted by Crippen LogP contribution is 2.28. The van der Waals surface area contributed by atoms with E-state index >= 15 is 0 Å². The molecule has 0 amide bonds. The first-order chi connectivity index (χ1) is 9.35. The van der Waals surface area contributed by atoms with Gasteiger partial charge in [0.15, 0.2) is 0 Å². The Bertz CT molecular complexity index is 531. The number of benzene rings is 1. The number of pyridine rings is 1. The first-order valence-electron chi connectivity index (χ1n) is 6.28. The average molecular weight is 274 g/mol. The average Bonchev–Trinajstić information content (AvgIpc) is 2.47. The Balaban J connectivity index is 2.10. The summed E-state index contributed by atoms with van der Waals surface area (Å²) in [7, 11) is 0. The van der Waals surface area contributed by atoms with Crippen molar-refractivity contribution in [3.63, 3.8) is 0 Å². The van der Waals surface area contributed by atoms with Crippen LogP contribution in [0.1, 0.15) is 12.5 Å². The Kier molecular flexibility index (Phi) is 5.10. The highest BCUT2D eigenvalue weighted by atomic mass is 32.2. The molecule has 3 nitrogen and oxygen atoms in total. The number of anilines is 1.